The maximum absolute atomic E-state index is 12.6. The Kier molecular flexibility index (Phi) is 5.30. The summed E-state index contributed by atoms with van der Waals surface area (Å²) in [4.78, 5) is 25.0. The molecule has 0 aliphatic carbocycles. The van der Waals surface area contributed by atoms with Crippen molar-refractivity contribution < 1.29 is 9.53 Å². The average Bonchev–Trinajstić information content (AvgIpc) is 2.64. The molecule has 1 aromatic carbocycles. The van der Waals surface area contributed by atoms with Crippen molar-refractivity contribution in [1.82, 2.24) is 14.9 Å². The third-order valence-corrected chi connectivity index (χ3v) is 4.57. The molecule has 0 radical (unpaired) electrons. The lowest BCUT2D eigenvalue weighted by Crippen LogP contribution is -2.52. The minimum atomic E-state index is -0.525. The summed E-state index contributed by atoms with van der Waals surface area (Å²) in [5.74, 6) is 1.39. The van der Waals surface area contributed by atoms with Crippen molar-refractivity contribution >= 4 is 27.8 Å². The normalized spacial score (nSPS) is 15.9. The van der Waals surface area contributed by atoms with E-state index in [4.69, 9.17) is 4.74 Å². The first-order chi connectivity index (χ1) is 11.6. The Morgan fingerprint density at radius 2 is 1.79 bits per heavy atom. The van der Waals surface area contributed by atoms with Crippen LogP contribution in [0.2, 0.25) is 0 Å². The van der Waals surface area contributed by atoms with Crippen molar-refractivity contribution in [3.8, 4) is 5.75 Å². The molecule has 1 saturated heterocycles. The number of rotatable bonds is 4. The highest BCUT2D eigenvalue weighted by Gasteiger charge is 2.27. The third kappa shape index (κ3) is 3.84. The van der Waals surface area contributed by atoms with Crippen molar-refractivity contribution in [2.75, 3.05) is 31.1 Å². The molecule has 1 amide bonds. The van der Waals surface area contributed by atoms with Gasteiger partial charge in [0.1, 0.15) is 5.75 Å². The zero-order valence-electron chi connectivity index (χ0n) is 13.4. The van der Waals surface area contributed by atoms with E-state index >= 15 is 0 Å². The minimum absolute atomic E-state index is 0.000571. The summed E-state index contributed by atoms with van der Waals surface area (Å²) in [5, 5.41) is 0. The molecule has 6 nitrogen and oxygen atoms in total. The Balaban J connectivity index is 1.56. The van der Waals surface area contributed by atoms with E-state index in [1.807, 2.05) is 29.2 Å². The standard InChI is InChI=1S/C17H19BrN4O2/c1-13(24-15-6-3-2-5-14(15)18)16(23)21-9-11-22(12-10-21)17-19-7-4-8-20-17/h2-8,13H,9-12H2,1H3. The van der Waals surface area contributed by atoms with E-state index in [-0.39, 0.29) is 5.91 Å². The lowest BCUT2D eigenvalue weighted by molar-refractivity contribution is -0.138. The fourth-order valence-electron chi connectivity index (χ4n) is 2.62. The van der Waals surface area contributed by atoms with Crippen molar-refractivity contribution in [2.45, 2.75) is 13.0 Å². The Labute approximate surface area is 149 Å². The monoisotopic (exact) mass is 390 g/mol. The maximum Gasteiger partial charge on any atom is 0.263 e. The zero-order chi connectivity index (χ0) is 16.9. The number of amides is 1. The van der Waals surface area contributed by atoms with Crippen LogP contribution in [0.15, 0.2) is 47.2 Å². The number of piperazine rings is 1. The second kappa shape index (κ2) is 7.61. The molecule has 0 bridgehead atoms. The first-order valence-corrected chi connectivity index (χ1v) is 8.66. The second-order valence-electron chi connectivity index (χ2n) is 5.55. The van der Waals surface area contributed by atoms with Crippen LogP contribution < -0.4 is 9.64 Å². The predicted octanol–water partition coefficient (Wildman–Crippen LogP) is 2.36. The van der Waals surface area contributed by atoms with Gasteiger partial charge in [0.25, 0.3) is 5.91 Å². The van der Waals surface area contributed by atoms with Gasteiger partial charge in [0, 0.05) is 38.6 Å². The van der Waals surface area contributed by atoms with E-state index in [1.165, 1.54) is 0 Å². The molecule has 0 saturated carbocycles. The molecule has 1 aliphatic rings. The Bertz CT molecular complexity index is 690. The van der Waals surface area contributed by atoms with E-state index in [0.717, 1.165) is 17.6 Å². The summed E-state index contributed by atoms with van der Waals surface area (Å²) in [6, 6.07) is 9.33. The molecule has 0 N–H and O–H groups in total. The molecule has 7 heteroatoms. The van der Waals surface area contributed by atoms with Crippen LogP contribution in [0.1, 0.15) is 6.92 Å². The highest BCUT2D eigenvalue weighted by Crippen LogP contribution is 2.25. The summed E-state index contributed by atoms with van der Waals surface area (Å²) < 4.78 is 6.64. The molecular formula is C17H19BrN4O2. The quantitative estimate of drug-likeness (QED) is 0.801. The van der Waals surface area contributed by atoms with Crippen LogP contribution in [-0.2, 0) is 4.79 Å². The summed E-state index contributed by atoms with van der Waals surface area (Å²) in [5.41, 5.74) is 0. The summed E-state index contributed by atoms with van der Waals surface area (Å²) >= 11 is 3.43. The first kappa shape index (κ1) is 16.7. The number of nitrogens with zero attached hydrogens (tertiary/aromatic N) is 4. The number of carbonyl (C=O) groups excluding carboxylic acids is 1. The summed E-state index contributed by atoms with van der Waals surface area (Å²) in [7, 11) is 0. The highest BCUT2D eigenvalue weighted by molar-refractivity contribution is 9.10. The van der Waals surface area contributed by atoms with Gasteiger partial charge in [-0.25, -0.2) is 9.97 Å². The van der Waals surface area contributed by atoms with Gasteiger partial charge >= 0.3 is 0 Å². The highest BCUT2D eigenvalue weighted by atomic mass is 79.9. The van der Waals surface area contributed by atoms with Gasteiger partial charge in [-0.2, -0.15) is 0 Å². The van der Waals surface area contributed by atoms with Gasteiger partial charge in [0.05, 0.1) is 4.47 Å². The third-order valence-electron chi connectivity index (χ3n) is 3.91. The van der Waals surface area contributed by atoms with E-state index < -0.39 is 6.10 Å². The van der Waals surface area contributed by atoms with Gasteiger partial charge in [-0.1, -0.05) is 12.1 Å². The SMILES string of the molecule is CC(Oc1ccccc1Br)C(=O)N1CCN(c2ncccn2)CC1. The molecule has 1 fully saturated rings. The number of ether oxygens (including phenoxy) is 1. The first-order valence-electron chi connectivity index (χ1n) is 7.87. The maximum atomic E-state index is 12.6. The predicted molar refractivity (Wildman–Crippen MR) is 95.1 cm³/mol. The molecule has 1 aromatic heterocycles. The Morgan fingerprint density at radius 3 is 2.46 bits per heavy atom. The van der Waals surface area contributed by atoms with Crippen LogP contribution in [0.25, 0.3) is 0 Å². The number of para-hydroxylation sites is 1. The molecule has 1 aliphatic heterocycles. The molecule has 0 spiro atoms. The van der Waals surface area contributed by atoms with Crippen molar-refractivity contribution in [1.29, 1.82) is 0 Å². The van der Waals surface area contributed by atoms with E-state index in [0.29, 0.717) is 24.8 Å². The molecule has 1 unspecified atom stereocenters. The number of benzene rings is 1. The van der Waals surface area contributed by atoms with Crippen LogP contribution in [0.3, 0.4) is 0 Å². The van der Waals surface area contributed by atoms with Crippen molar-refractivity contribution in [3.05, 3.63) is 47.2 Å². The molecule has 2 aromatic rings. The molecule has 24 heavy (non-hydrogen) atoms. The fraction of sp³-hybridized carbons (Fsp3) is 0.353. The van der Waals surface area contributed by atoms with Crippen LogP contribution in [0, 0.1) is 0 Å². The number of hydrogen-bond donors (Lipinski definition) is 0. The van der Waals surface area contributed by atoms with Crippen LogP contribution in [-0.4, -0.2) is 53.1 Å². The summed E-state index contributed by atoms with van der Waals surface area (Å²) in [6.07, 6.45) is 2.93. The van der Waals surface area contributed by atoms with E-state index in [2.05, 4.69) is 30.8 Å². The number of aromatic nitrogens is 2. The van der Waals surface area contributed by atoms with E-state index in [9.17, 15) is 4.79 Å². The fourth-order valence-corrected chi connectivity index (χ4v) is 3.00. The van der Waals surface area contributed by atoms with Gasteiger partial charge in [0.2, 0.25) is 5.95 Å². The van der Waals surface area contributed by atoms with Crippen LogP contribution >= 0.6 is 15.9 Å². The van der Waals surface area contributed by atoms with Gasteiger partial charge in [-0.15, -0.1) is 0 Å². The number of carbonyl (C=O) groups is 1. The zero-order valence-corrected chi connectivity index (χ0v) is 15.0. The van der Waals surface area contributed by atoms with Gasteiger partial charge in [0.15, 0.2) is 6.10 Å². The molecular weight excluding hydrogens is 372 g/mol. The van der Waals surface area contributed by atoms with Gasteiger partial charge in [-0.05, 0) is 41.1 Å². The van der Waals surface area contributed by atoms with Crippen molar-refractivity contribution in [3.63, 3.8) is 0 Å². The number of halogens is 1. The number of anilines is 1. The molecule has 2 heterocycles. The smallest absolute Gasteiger partial charge is 0.263 e. The molecule has 3 rings (SSSR count). The lowest BCUT2D eigenvalue weighted by atomic mass is 10.2. The average molecular weight is 391 g/mol. The lowest BCUT2D eigenvalue weighted by Gasteiger charge is -2.35. The second-order valence-corrected chi connectivity index (χ2v) is 6.41. The van der Waals surface area contributed by atoms with Crippen LogP contribution in [0.4, 0.5) is 5.95 Å². The topological polar surface area (TPSA) is 58.6 Å². The van der Waals surface area contributed by atoms with Crippen molar-refractivity contribution in [2.24, 2.45) is 0 Å². The molecule has 1 atom stereocenters. The van der Waals surface area contributed by atoms with Gasteiger partial charge < -0.3 is 14.5 Å². The molecule has 126 valence electrons. The summed E-state index contributed by atoms with van der Waals surface area (Å²) in [6.45, 7) is 4.50. The van der Waals surface area contributed by atoms with Gasteiger partial charge in [-0.3, -0.25) is 4.79 Å². The van der Waals surface area contributed by atoms with E-state index in [1.54, 1.807) is 25.4 Å². The largest absolute Gasteiger partial charge is 0.480 e. The number of hydrogen-bond acceptors (Lipinski definition) is 5. The Hall–Kier alpha value is -2.15. The minimum Gasteiger partial charge on any atom is -0.480 e. The Morgan fingerprint density at radius 1 is 1.12 bits per heavy atom. The van der Waals surface area contributed by atoms with Crippen LogP contribution in [0.5, 0.6) is 5.75 Å².